The first kappa shape index (κ1) is 21.1. The molecule has 2 N–H and O–H groups in total. The van der Waals surface area contributed by atoms with Gasteiger partial charge in [0.1, 0.15) is 12.5 Å². The molecular weight excluding hydrogens is 371 g/mol. The number of aromatic nitrogens is 3. The molecule has 0 aliphatic carbocycles. The van der Waals surface area contributed by atoms with Crippen LogP contribution in [0.2, 0.25) is 0 Å². The average molecular weight is 400 g/mol. The van der Waals surface area contributed by atoms with Crippen molar-refractivity contribution in [1.82, 2.24) is 15.0 Å². The SMILES string of the molecule is O=C(O)CC(CCCCCCc1ccc2c(n1)NCCC2)c1cnc(CF)nc1. The van der Waals surface area contributed by atoms with E-state index in [1.165, 1.54) is 12.0 Å². The Hall–Kier alpha value is -2.57. The van der Waals surface area contributed by atoms with Gasteiger partial charge in [0.15, 0.2) is 5.82 Å². The lowest BCUT2D eigenvalue weighted by Crippen LogP contribution is -2.13. The maximum absolute atomic E-state index is 12.6. The van der Waals surface area contributed by atoms with Crippen molar-refractivity contribution < 1.29 is 14.3 Å². The highest BCUT2D eigenvalue weighted by atomic mass is 19.1. The van der Waals surface area contributed by atoms with E-state index in [1.54, 1.807) is 12.4 Å². The normalized spacial score (nSPS) is 14.1. The largest absolute Gasteiger partial charge is 0.481 e. The number of pyridine rings is 1. The van der Waals surface area contributed by atoms with Crippen LogP contribution < -0.4 is 5.32 Å². The number of aliphatic carboxylic acids is 1. The second-order valence-electron chi connectivity index (χ2n) is 7.65. The van der Waals surface area contributed by atoms with E-state index in [-0.39, 0.29) is 18.2 Å². The van der Waals surface area contributed by atoms with E-state index in [1.807, 2.05) is 0 Å². The van der Waals surface area contributed by atoms with Gasteiger partial charge in [-0.2, -0.15) is 0 Å². The highest BCUT2D eigenvalue weighted by Gasteiger charge is 2.16. The Morgan fingerprint density at radius 3 is 2.72 bits per heavy atom. The monoisotopic (exact) mass is 400 g/mol. The van der Waals surface area contributed by atoms with Crippen molar-refractivity contribution in [2.75, 3.05) is 11.9 Å². The third-order valence-electron chi connectivity index (χ3n) is 5.42. The molecule has 1 aliphatic heterocycles. The molecule has 0 fully saturated rings. The Morgan fingerprint density at radius 1 is 1.17 bits per heavy atom. The molecule has 6 nitrogen and oxygen atoms in total. The molecule has 0 bridgehead atoms. The number of rotatable bonds is 11. The number of carbonyl (C=O) groups is 1. The molecule has 1 aliphatic rings. The fourth-order valence-corrected chi connectivity index (χ4v) is 3.80. The standard InChI is InChI=1S/C22H29FN4O2/c23-13-20-25-14-18(15-26-20)17(12-21(28)29)6-3-1-2-4-8-19-10-9-16-7-5-11-24-22(16)27-19/h9-10,14-15,17H,1-8,11-13H2,(H,24,27)(H,28,29). The topological polar surface area (TPSA) is 88.0 Å². The molecule has 3 heterocycles. The summed E-state index contributed by atoms with van der Waals surface area (Å²) in [5.74, 6) is 0.214. The molecule has 0 aromatic carbocycles. The fourth-order valence-electron chi connectivity index (χ4n) is 3.80. The molecule has 7 heteroatoms. The maximum atomic E-state index is 12.6. The summed E-state index contributed by atoms with van der Waals surface area (Å²) >= 11 is 0. The average Bonchev–Trinajstić information content (AvgIpc) is 2.75. The number of nitrogens with one attached hydrogen (secondary N) is 1. The summed E-state index contributed by atoms with van der Waals surface area (Å²) in [6.45, 7) is 0.293. The van der Waals surface area contributed by atoms with E-state index in [9.17, 15) is 14.3 Å². The van der Waals surface area contributed by atoms with Gasteiger partial charge in [0.25, 0.3) is 0 Å². The Labute approximate surface area is 171 Å². The van der Waals surface area contributed by atoms with Gasteiger partial charge in [-0.15, -0.1) is 0 Å². The number of alkyl halides is 1. The first-order valence-electron chi connectivity index (χ1n) is 10.5. The van der Waals surface area contributed by atoms with Crippen molar-refractivity contribution in [3.05, 3.63) is 47.2 Å². The Morgan fingerprint density at radius 2 is 1.97 bits per heavy atom. The molecule has 0 radical (unpaired) electrons. The summed E-state index contributed by atoms with van der Waals surface area (Å²) < 4.78 is 12.6. The van der Waals surface area contributed by atoms with E-state index >= 15 is 0 Å². The van der Waals surface area contributed by atoms with Crippen molar-refractivity contribution in [1.29, 1.82) is 0 Å². The summed E-state index contributed by atoms with van der Waals surface area (Å²) in [4.78, 5) is 23.8. The third kappa shape index (κ3) is 6.48. The summed E-state index contributed by atoms with van der Waals surface area (Å²) in [7, 11) is 0. The first-order chi connectivity index (χ1) is 14.2. The molecule has 156 valence electrons. The van der Waals surface area contributed by atoms with Gasteiger partial charge in [0, 0.05) is 24.6 Å². The van der Waals surface area contributed by atoms with E-state index in [2.05, 4.69) is 27.4 Å². The second kappa shape index (κ2) is 10.8. The van der Waals surface area contributed by atoms with Crippen LogP contribution in [0.3, 0.4) is 0 Å². The van der Waals surface area contributed by atoms with Crippen LogP contribution in [-0.2, 0) is 24.3 Å². The third-order valence-corrected chi connectivity index (χ3v) is 5.42. The zero-order chi connectivity index (χ0) is 20.5. The van der Waals surface area contributed by atoms with Crippen LogP contribution in [0.5, 0.6) is 0 Å². The molecule has 1 atom stereocenters. The van der Waals surface area contributed by atoms with Crippen LogP contribution in [-0.4, -0.2) is 32.6 Å². The smallest absolute Gasteiger partial charge is 0.303 e. The van der Waals surface area contributed by atoms with Gasteiger partial charge in [0.05, 0.1) is 6.42 Å². The number of carboxylic acid groups (broad SMARTS) is 1. The van der Waals surface area contributed by atoms with Crippen LogP contribution in [0.4, 0.5) is 10.2 Å². The van der Waals surface area contributed by atoms with Gasteiger partial charge in [-0.25, -0.2) is 19.3 Å². The molecule has 29 heavy (non-hydrogen) atoms. The van der Waals surface area contributed by atoms with Crippen LogP contribution >= 0.6 is 0 Å². The minimum Gasteiger partial charge on any atom is -0.481 e. The number of fused-ring (bicyclic) bond motifs is 1. The second-order valence-corrected chi connectivity index (χ2v) is 7.65. The molecule has 2 aromatic heterocycles. The van der Waals surface area contributed by atoms with Crippen LogP contribution in [0.15, 0.2) is 24.5 Å². The van der Waals surface area contributed by atoms with Gasteiger partial charge in [0.2, 0.25) is 0 Å². The van der Waals surface area contributed by atoms with Crippen molar-refractivity contribution in [3.63, 3.8) is 0 Å². The van der Waals surface area contributed by atoms with E-state index in [0.717, 1.165) is 68.6 Å². The summed E-state index contributed by atoms with van der Waals surface area (Å²) in [5.41, 5.74) is 3.22. The van der Waals surface area contributed by atoms with E-state index < -0.39 is 12.6 Å². The lowest BCUT2D eigenvalue weighted by atomic mass is 9.92. The van der Waals surface area contributed by atoms with Gasteiger partial charge in [-0.1, -0.05) is 25.3 Å². The number of nitrogens with zero attached hydrogens (tertiary/aromatic N) is 3. The molecule has 1 unspecified atom stereocenters. The van der Waals surface area contributed by atoms with Gasteiger partial charge in [-0.3, -0.25) is 4.79 Å². The number of halogens is 1. The van der Waals surface area contributed by atoms with Crippen molar-refractivity contribution in [3.8, 4) is 0 Å². The van der Waals surface area contributed by atoms with Crippen molar-refractivity contribution in [2.24, 2.45) is 0 Å². The Balaban J connectivity index is 1.41. The first-order valence-corrected chi connectivity index (χ1v) is 10.5. The van der Waals surface area contributed by atoms with Gasteiger partial charge in [-0.05, 0) is 55.2 Å². The van der Waals surface area contributed by atoms with Crippen LogP contribution in [0.1, 0.15) is 73.5 Å². The number of anilines is 1. The minimum absolute atomic E-state index is 0.0460. The highest BCUT2D eigenvalue weighted by molar-refractivity contribution is 5.68. The molecule has 0 spiro atoms. The number of hydrogen-bond donors (Lipinski definition) is 2. The maximum Gasteiger partial charge on any atom is 0.303 e. The van der Waals surface area contributed by atoms with E-state index in [4.69, 9.17) is 4.98 Å². The molecule has 0 saturated carbocycles. The van der Waals surface area contributed by atoms with Crippen molar-refractivity contribution >= 4 is 11.8 Å². The summed E-state index contributed by atoms with van der Waals surface area (Å²) in [6.07, 6.45) is 11.3. The molecule has 0 amide bonds. The van der Waals surface area contributed by atoms with Gasteiger partial charge < -0.3 is 10.4 Å². The molecular formula is C22H29FN4O2. The van der Waals surface area contributed by atoms with E-state index in [0.29, 0.717) is 0 Å². The quantitative estimate of drug-likeness (QED) is 0.542. The highest BCUT2D eigenvalue weighted by Crippen LogP contribution is 2.26. The zero-order valence-corrected chi connectivity index (χ0v) is 16.7. The Kier molecular flexibility index (Phi) is 7.90. The molecule has 0 saturated heterocycles. The molecule has 3 rings (SSSR count). The number of unbranched alkanes of at least 4 members (excludes halogenated alkanes) is 3. The van der Waals surface area contributed by atoms with Gasteiger partial charge >= 0.3 is 5.97 Å². The molecule has 2 aromatic rings. The van der Waals surface area contributed by atoms with Crippen molar-refractivity contribution in [2.45, 2.75) is 70.4 Å². The van der Waals surface area contributed by atoms with Crippen LogP contribution in [0.25, 0.3) is 0 Å². The lowest BCUT2D eigenvalue weighted by Gasteiger charge is -2.17. The number of aryl methyl sites for hydroxylation is 2. The summed E-state index contributed by atoms with van der Waals surface area (Å²) in [5, 5.41) is 12.6. The lowest BCUT2D eigenvalue weighted by molar-refractivity contribution is -0.137. The number of carboxylic acids is 1. The number of hydrogen-bond acceptors (Lipinski definition) is 5. The summed E-state index contributed by atoms with van der Waals surface area (Å²) in [6, 6.07) is 4.33. The fraction of sp³-hybridized carbons (Fsp3) is 0.545. The zero-order valence-electron chi connectivity index (χ0n) is 16.7. The Bertz CT molecular complexity index is 798. The van der Waals surface area contributed by atoms with Crippen LogP contribution in [0, 0.1) is 0 Å². The predicted molar refractivity (Wildman–Crippen MR) is 110 cm³/mol. The minimum atomic E-state index is -0.836. The predicted octanol–water partition coefficient (Wildman–Crippen LogP) is 4.45.